The van der Waals surface area contributed by atoms with Crippen molar-refractivity contribution in [2.75, 3.05) is 0 Å². The molecule has 1 nitrogen and oxygen atoms in total. The normalized spacial score (nSPS) is 15.2. The molecule has 0 saturated heterocycles. The number of hydrogen-bond acceptors (Lipinski definition) is 1. The summed E-state index contributed by atoms with van der Waals surface area (Å²) in [6.45, 7) is 1.34. The van der Waals surface area contributed by atoms with Gasteiger partial charge in [0.25, 0.3) is 0 Å². The molecule has 20 heavy (non-hydrogen) atoms. The fourth-order valence-electron chi connectivity index (χ4n) is 2.41. The van der Waals surface area contributed by atoms with Gasteiger partial charge in [0.15, 0.2) is 0 Å². The van der Waals surface area contributed by atoms with Gasteiger partial charge in [0.2, 0.25) is 0 Å². The molecule has 104 valence electrons. The molecule has 0 aliphatic carbocycles. The lowest BCUT2D eigenvalue weighted by atomic mass is 10.00. The zero-order valence-corrected chi connectivity index (χ0v) is 13.0. The van der Waals surface area contributed by atoms with E-state index in [1.165, 1.54) is 17.2 Å². The summed E-state index contributed by atoms with van der Waals surface area (Å²) in [7, 11) is 0. The van der Waals surface area contributed by atoms with Gasteiger partial charge in [0.05, 0.1) is 13.2 Å². The second-order valence-corrected chi connectivity index (χ2v) is 6.41. The van der Waals surface area contributed by atoms with Gasteiger partial charge in [0.1, 0.15) is 5.82 Å². The van der Waals surface area contributed by atoms with Crippen LogP contribution >= 0.6 is 27.5 Å². The monoisotopic (exact) mass is 354 g/mol. The third kappa shape index (κ3) is 2.76. The van der Waals surface area contributed by atoms with Gasteiger partial charge in [-0.25, -0.2) is 4.39 Å². The fourth-order valence-corrected chi connectivity index (χ4v) is 3.26. The van der Waals surface area contributed by atoms with Crippen LogP contribution in [-0.4, -0.2) is 0 Å². The van der Waals surface area contributed by atoms with Crippen molar-refractivity contribution in [2.45, 2.75) is 24.5 Å². The van der Waals surface area contributed by atoms with Gasteiger partial charge in [-0.2, -0.15) is 0 Å². The summed E-state index contributed by atoms with van der Waals surface area (Å²) in [6.07, 6.45) is 0.519. The molecule has 0 fully saturated rings. The molecule has 0 amide bonds. The van der Waals surface area contributed by atoms with Crippen molar-refractivity contribution in [3.63, 3.8) is 0 Å². The summed E-state index contributed by atoms with van der Waals surface area (Å²) < 4.78 is 19.2. The van der Waals surface area contributed by atoms with Crippen molar-refractivity contribution in [1.29, 1.82) is 0 Å². The molecule has 1 unspecified atom stereocenters. The first kappa shape index (κ1) is 14.1. The average Bonchev–Trinajstić information content (AvgIpc) is 2.90. The van der Waals surface area contributed by atoms with E-state index in [0.717, 1.165) is 5.56 Å². The van der Waals surface area contributed by atoms with E-state index in [1.54, 1.807) is 12.1 Å². The maximum absolute atomic E-state index is 13.8. The standard InChI is InChI=1S/C16H13BrClFO/c17-14(7-13-15(18)2-1-3-16(13)19)10-4-5-11-8-20-9-12(11)6-10/h1-6,14H,7-9H2. The number of benzene rings is 2. The zero-order valence-electron chi connectivity index (χ0n) is 10.7. The third-order valence-corrected chi connectivity index (χ3v) is 4.76. The molecule has 0 N–H and O–H groups in total. The lowest BCUT2D eigenvalue weighted by molar-refractivity contribution is 0.134. The minimum Gasteiger partial charge on any atom is -0.372 e. The molecule has 0 radical (unpaired) electrons. The topological polar surface area (TPSA) is 9.23 Å². The predicted octanol–water partition coefficient (Wildman–Crippen LogP) is 5.19. The number of rotatable bonds is 3. The number of hydrogen-bond donors (Lipinski definition) is 0. The Labute approximate surface area is 130 Å². The molecule has 0 aromatic heterocycles. The Morgan fingerprint density at radius 2 is 2.00 bits per heavy atom. The summed E-state index contributed by atoms with van der Waals surface area (Å²) in [5.41, 5.74) is 4.12. The molecular weight excluding hydrogens is 343 g/mol. The third-order valence-electron chi connectivity index (χ3n) is 3.55. The molecule has 4 heteroatoms. The van der Waals surface area contributed by atoms with Gasteiger partial charge in [0, 0.05) is 15.4 Å². The van der Waals surface area contributed by atoms with Crippen molar-refractivity contribution in [2.24, 2.45) is 0 Å². The van der Waals surface area contributed by atoms with Crippen LogP contribution in [0, 0.1) is 5.82 Å². The number of ether oxygens (including phenoxy) is 1. The maximum atomic E-state index is 13.8. The van der Waals surface area contributed by atoms with Gasteiger partial charge >= 0.3 is 0 Å². The minimum atomic E-state index is -0.258. The molecule has 3 rings (SSSR count). The molecule has 1 aliphatic rings. The van der Waals surface area contributed by atoms with Crippen LogP contribution in [0.3, 0.4) is 0 Å². The molecule has 0 spiro atoms. The predicted molar refractivity (Wildman–Crippen MR) is 81.7 cm³/mol. The summed E-state index contributed by atoms with van der Waals surface area (Å²) in [4.78, 5) is 0.0304. The first-order chi connectivity index (χ1) is 9.65. The summed E-state index contributed by atoms with van der Waals surface area (Å²) in [5.74, 6) is -0.258. The van der Waals surface area contributed by atoms with Crippen molar-refractivity contribution in [3.05, 3.63) is 69.5 Å². The second kappa shape index (κ2) is 5.84. The van der Waals surface area contributed by atoms with Crippen LogP contribution in [0.2, 0.25) is 5.02 Å². The van der Waals surface area contributed by atoms with Gasteiger partial charge in [-0.3, -0.25) is 0 Å². The first-order valence-electron chi connectivity index (χ1n) is 6.41. The van der Waals surface area contributed by atoms with Crippen molar-refractivity contribution in [3.8, 4) is 0 Å². The Morgan fingerprint density at radius 1 is 1.20 bits per heavy atom. The molecule has 1 atom stereocenters. The molecule has 2 aromatic carbocycles. The van der Waals surface area contributed by atoms with E-state index >= 15 is 0 Å². The van der Waals surface area contributed by atoms with E-state index < -0.39 is 0 Å². The Bertz CT molecular complexity index is 624. The Balaban J connectivity index is 1.84. The van der Waals surface area contributed by atoms with Crippen LogP contribution in [0.5, 0.6) is 0 Å². The molecule has 0 saturated carbocycles. The first-order valence-corrected chi connectivity index (χ1v) is 7.71. The Hall–Kier alpha value is -0.900. The minimum absolute atomic E-state index is 0.0304. The van der Waals surface area contributed by atoms with Crippen LogP contribution in [0.15, 0.2) is 36.4 Å². The SMILES string of the molecule is Fc1cccc(Cl)c1CC(Br)c1ccc2c(c1)COC2. The highest BCUT2D eigenvalue weighted by atomic mass is 79.9. The Morgan fingerprint density at radius 3 is 2.80 bits per heavy atom. The lowest BCUT2D eigenvalue weighted by Gasteiger charge is -2.13. The number of halogens is 3. The van der Waals surface area contributed by atoms with E-state index in [2.05, 4.69) is 34.1 Å². The van der Waals surface area contributed by atoms with E-state index in [-0.39, 0.29) is 10.6 Å². The number of fused-ring (bicyclic) bond motifs is 1. The largest absolute Gasteiger partial charge is 0.372 e. The van der Waals surface area contributed by atoms with Crippen LogP contribution in [0.4, 0.5) is 4.39 Å². The zero-order chi connectivity index (χ0) is 14.1. The van der Waals surface area contributed by atoms with Crippen molar-refractivity contribution in [1.82, 2.24) is 0 Å². The quantitative estimate of drug-likeness (QED) is 0.689. The molecule has 0 bridgehead atoms. The smallest absolute Gasteiger partial charge is 0.127 e. The molecule has 2 aromatic rings. The summed E-state index contributed by atoms with van der Waals surface area (Å²) in [5, 5.41) is 0.471. The van der Waals surface area contributed by atoms with Crippen LogP contribution in [0.25, 0.3) is 0 Å². The molecular formula is C16H13BrClFO. The second-order valence-electron chi connectivity index (χ2n) is 4.89. The van der Waals surface area contributed by atoms with Crippen molar-refractivity contribution < 1.29 is 9.13 Å². The molecule has 1 aliphatic heterocycles. The fraction of sp³-hybridized carbons (Fsp3) is 0.250. The van der Waals surface area contributed by atoms with Gasteiger partial charge < -0.3 is 4.74 Å². The van der Waals surface area contributed by atoms with E-state index in [4.69, 9.17) is 16.3 Å². The van der Waals surface area contributed by atoms with Gasteiger partial charge in [-0.05, 0) is 35.2 Å². The highest BCUT2D eigenvalue weighted by Crippen LogP contribution is 2.33. The van der Waals surface area contributed by atoms with Gasteiger partial charge in [-0.15, -0.1) is 0 Å². The Kier molecular flexibility index (Phi) is 4.11. The van der Waals surface area contributed by atoms with Crippen molar-refractivity contribution >= 4 is 27.5 Å². The highest BCUT2D eigenvalue weighted by Gasteiger charge is 2.17. The average molecular weight is 356 g/mol. The summed E-state index contributed by atoms with van der Waals surface area (Å²) in [6, 6.07) is 11.0. The van der Waals surface area contributed by atoms with Crippen LogP contribution in [-0.2, 0) is 24.4 Å². The van der Waals surface area contributed by atoms with Crippen LogP contribution in [0.1, 0.15) is 27.1 Å². The summed E-state index contributed by atoms with van der Waals surface area (Å²) >= 11 is 9.71. The number of alkyl halides is 1. The van der Waals surface area contributed by atoms with E-state index in [9.17, 15) is 4.39 Å². The maximum Gasteiger partial charge on any atom is 0.127 e. The van der Waals surface area contributed by atoms with E-state index in [0.29, 0.717) is 30.2 Å². The highest BCUT2D eigenvalue weighted by molar-refractivity contribution is 9.09. The molecule has 1 heterocycles. The lowest BCUT2D eigenvalue weighted by Crippen LogP contribution is -2.00. The van der Waals surface area contributed by atoms with Crippen LogP contribution < -0.4 is 0 Å². The van der Waals surface area contributed by atoms with Gasteiger partial charge in [-0.1, -0.05) is 51.8 Å². The van der Waals surface area contributed by atoms with E-state index in [1.807, 2.05) is 0 Å².